The first-order chi connectivity index (χ1) is 4.74. The zero-order valence-electron chi connectivity index (χ0n) is 5.49. The van der Waals surface area contributed by atoms with Crippen LogP contribution in [-0.2, 0) is 9.53 Å². The van der Waals surface area contributed by atoms with E-state index in [-0.39, 0.29) is 25.4 Å². The average molecular weight is 146 g/mol. The molecule has 0 unspecified atom stereocenters. The van der Waals surface area contributed by atoms with Crippen molar-refractivity contribution in [2.45, 2.75) is 18.6 Å². The fourth-order valence-corrected chi connectivity index (χ4v) is 0.909. The van der Waals surface area contributed by atoms with Gasteiger partial charge in [0.05, 0.1) is 12.7 Å². The van der Waals surface area contributed by atoms with E-state index in [9.17, 15) is 4.79 Å². The van der Waals surface area contributed by atoms with Crippen LogP contribution in [-0.4, -0.2) is 41.4 Å². The number of hydrogen-bond donors (Lipinski definition) is 2. The van der Waals surface area contributed by atoms with Gasteiger partial charge in [-0.15, -0.1) is 0 Å². The lowest BCUT2D eigenvalue weighted by atomic mass is 10.1. The van der Waals surface area contributed by atoms with Gasteiger partial charge in [-0.2, -0.15) is 0 Å². The van der Waals surface area contributed by atoms with Gasteiger partial charge in [0.1, 0.15) is 12.7 Å². The normalized spacial score (nSPS) is 34.4. The van der Waals surface area contributed by atoms with Gasteiger partial charge in [0.2, 0.25) is 0 Å². The van der Waals surface area contributed by atoms with Gasteiger partial charge in [0.15, 0.2) is 5.78 Å². The highest BCUT2D eigenvalue weighted by Crippen LogP contribution is 2.10. The Morgan fingerprint density at radius 1 is 1.70 bits per heavy atom. The largest absolute Gasteiger partial charge is 0.394 e. The van der Waals surface area contributed by atoms with Crippen LogP contribution in [0.1, 0.15) is 6.42 Å². The first-order valence-electron chi connectivity index (χ1n) is 3.16. The summed E-state index contributed by atoms with van der Waals surface area (Å²) in [6, 6.07) is 0. The third kappa shape index (κ3) is 1.53. The number of aliphatic hydroxyl groups is 2. The number of ketones is 1. The second-order valence-corrected chi connectivity index (χ2v) is 2.34. The Morgan fingerprint density at radius 3 is 2.90 bits per heavy atom. The number of rotatable bonds is 1. The minimum absolute atomic E-state index is 0.0162. The number of carbonyl (C=O) groups excluding carboxylic acids is 1. The van der Waals surface area contributed by atoms with E-state index in [0.717, 1.165) is 0 Å². The molecular weight excluding hydrogens is 136 g/mol. The highest BCUT2D eigenvalue weighted by molar-refractivity contribution is 5.80. The molecule has 0 saturated carbocycles. The molecule has 0 radical (unpaired) electrons. The molecule has 0 spiro atoms. The fourth-order valence-electron chi connectivity index (χ4n) is 0.909. The van der Waals surface area contributed by atoms with E-state index >= 15 is 0 Å². The van der Waals surface area contributed by atoms with Crippen molar-refractivity contribution < 1.29 is 19.7 Å². The minimum atomic E-state index is -0.828. The van der Waals surface area contributed by atoms with Gasteiger partial charge in [-0.25, -0.2) is 0 Å². The molecule has 0 aromatic rings. The van der Waals surface area contributed by atoms with E-state index in [4.69, 9.17) is 14.9 Å². The predicted octanol–water partition coefficient (Wildman–Crippen LogP) is -1.30. The third-order valence-electron chi connectivity index (χ3n) is 1.50. The molecule has 0 aliphatic carbocycles. The molecule has 4 nitrogen and oxygen atoms in total. The summed E-state index contributed by atoms with van der Waals surface area (Å²) < 4.78 is 4.80. The van der Waals surface area contributed by atoms with Crippen molar-refractivity contribution in [3.8, 4) is 0 Å². The van der Waals surface area contributed by atoms with Gasteiger partial charge >= 0.3 is 0 Å². The molecule has 10 heavy (non-hydrogen) atoms. The quantitative estimate of drug-likeness (QED) is 0.482. The summed E-state index contributed by atoms with van der Waals surface area (Å²) in [7, 11) is 0. The maximum atomic E-state index is 10.6. The molecule has 58 valence electrons. The van der Waals surface area contributed by atoms with Crippen LogP contribution < -0.4 is 0 Å². The molecule has 1 aliphatic heterocycles. The van der Waals surface area contributed by atoms with Crippen molar-refractivity contribution in [1.82, 2.24) is 0 Å². The van der Waals surface area contributed by atoms with Crippen LogP contribution in [0, 0.1) is 0 Å². The summed E-state index contributed by atoms with van der Waals surface area (Å²) in [5.41, 5.74) is 0. The SMILES string of the molecule is O=C1CO[C@H](CO)[C@H](O)C1. The van der Waals surface area contributed by atoms with E-state index in [1.54, 1.807) is 0 Å². The summed E-state index contributed by atoms with van der Waals surface area (Å²) in [6.07, 6.45) is -1.30. The molecule has 0 bridgehead atoms. The number of hydrogen-bond acceptors (Lipinski definition) is 4. The van der Waals surface area contributed by atoms with Crippen LogP contribution in [0.15, 0.2) is 0 Å². The summed E-state index contributed by atoms with van der Waals surface area (Å²) in [4.78, 5) is 10.6. The average Bonchev–Trinajstić information content (AvgIpc) is 1.88. The molecule has 1 aliphatic rings. The van der Waals surface area contributed by atoms with E-state index in [1.807, 2.05) is 0 Å². The Hall–Kier alpha value is -0.450. The zero-order chi connectivity index (χ0) is 7.56. The van der Waals surface area contributed by atoms with Crippen molar-refractivity contribution in [2.24, 2.45) is 0 Å². The van der Waals surface area contributed by atoms with E-state index in [1.165, 1.54) is 0 Å². The summed E-state index contributed by atoms with van der Waals surface area (Å²) in [5, 5.41) is 17.6. The lowest BCUT2D eigenvalue weighted by Crippen LogP contribution is -2.40. The Kier molecular flexibility index (Phi) is 2.37. The fraction of sp³-hybridized carbons (Fsp3) is 0.833. The molecule has 4 heteroatoms. The van der Waals surface area contributed by atoms with Gasteiger partial charge in [-0.05, 0) is 0 Å². The van der Waals surface area contributed by atoms with Gasteiger partial charge < -0.3 is 14.9 Å². The number of carbonyl (C=O) groups is 1. The Balaban J connectivity index is 2.43. The summed E-state index contributed by atoms with van der Waals surface area (Å²) in [5.74, 6) is -0.114. The van der Waals surface area contributed by atoms with E-state index in [0.29, 0.717) is 0 Å². The van der Waals surface area contributed by atoms with Gasteiger partial charge in [-0.3, -0.25) is 4.79 Å². The Bertz CT molecular complexity index is 134. The van der Waals surface area contributed by atoms with Crippen LogP contribution in [0.25, 0.3) is 0 Å². The minimum Gasteiger partial charge on any atom is -0.394 e. The molecule has 2 atom stereocenters. The van der Waals surface area contributed by atoms with Crippen LogP contribution >= 0.6 is 0 Å². The van der Waals surface area contributed by atoms with Crippen LogP contribution in [0.2, 0.25) is 0 Å². The molecule has 1 rings (SSSR count). The molecule has 1 fully saturated rings. The monoisotopic (exact) mass is 146 g/mol. The first kappa shape index (κ1) is 7.65. The topological polar surface area (TPSA) is 66.8 Å². The van der Waals surface area contributed by atoms with Gasteiger partial charge in [0, 0.05) is 6.42 Å². The molecule has 1 heterocycles. The van der Waals surface area contributed by atoms with Crippen molar-refractivity contribution in [1.29, 1.82) is 0 Å². The number of Topliss-reactive ketones (excluding diaryl/α,β-unsaturated/α-hetero) is 1. The Morgan fingerprint density at radius 2 is 2.40 bits per heavy atom. The number of aliphatic hydroxyl groups excluding tert-OH is 2. The van der Waals surface area contributed by atoms with Gasteiger partial charge in [-0.1, -0.05) is 0 Å². The summed E-state index contributed by atoms with van der Waals surface area (Å²) >= 11 is 0. The smallest absolute Gasteiger partial charge is 0.161 e. The zero-order valence-corrected chi connectivity index (χ0v) is 5.49. The van der Waals surface area contributed by atoms with Gasteiger partial charge in [0.25, 0.3) is 0 Å². The second kappa shape index (κ2) is 3.09. The highest BCUT2D eigenvalue weighted by Gasteiger charge is 2.27. The lowest BCUT2D eigenvalue weighted by Gasteiger charge is -2.25. The molecular formula is C6H10O4. The molecule has 2 N–H and O–H groups in total. The van der Waals surface area contributed by atoms with Crippen molar-refractivity contribution in [3.05, 3.63) is 0 Å². The predicted molar refractivity (Wildman–Crippen MR) is 32.5 cm³/mol. The standard InChI is InChI=1S/C6H10O4/c7-2-6-5(9)1-4(8)3-10-6/h5-7,9H,1-3H2/t5-,6-/m1/s1. The highest BCUT2D eigenvalue weighted by atomic mass is 16.5. The summed E-state index contributed by atoms with van der Waals surface area (Å²) in [6.45, 7) is -0.212. The lowest BCUT2D eigenvalue weighted by molar-refractivity contribution is -0.146. The Labute approximate surface area is 58.4 Å². The van der Waals surface area contributed by atoms with Crippen molar-refractivity contribution in [2.75, 3.05) is 13.2 Å². The van der Waals surface area contributed by atoms with E-state index < -0.39 is 12.2 Å². The maximum absolute atomic E-state index is 10.6. The van der Waals surface area contributed by atoms with Crippen molar-refractivity contribution in [3.63, 3.8) is 0 Å². The molecule has 0 amide bonds. The number of ether oxygens (including phenoxy) is 1. The maximum Gasteiger partial charge on any atom is 0.161 e. The first-order valence-corrected chi connectivity index (χ1v) is 3.16. The van der Waals surface area contributed by atoms with Crippen LogP contribution in [0.4, 0.5) is 0 Å². The second-order valence-electron chi connectivity index (χ2n) is 2.34. The van der Waals surface area contributed by atoms with Crippen LogP contribution in [0.5, 0.6) is 0 Å². The van der Waals surface area contributed by atoms with E-state index in [2.05, 4.69) is 0 Å². The molecule has 0 aromatic heterocycles. The third-order valence-corrected chi connectivity index (χ3v) is 1.50. The molecule has 1 saturated heterocycles. The van der Waals surface area contributed by atoms with Crippen LogP contribution in [0.3, 0.4) is 0 Å². The van der Waals surface area contributed by atoms with Crippen molar-refractivity contribution >= 4 is 5.78 Å². The molecule has 0 aromatic carbocycles.